The van der Waals surface area contributed by atoms with Gasteiger partial charge in [0.25, 0.3) is 0 Å². The molecule has 0 radical (unpaired) electrons. The minimum absolute atomic E-state index is 0. The SMILES string of the molecule is Cl.N[C@H]1CCCC(=O)C1. The Morgan fingerprint density at radius 3 is 2.56 bits per heavy atom. The lowest BCUT2D eigenvalue weighted by molar-refractivity contribution is -0.120. The predicted molar refractivity (Wildman–Crippen MR) is 38.7 cm³/mol. The lowest BCUT2D eigenvalue weighted by Crippen LogP contribution is -2.27. The monoisotopic (exact) mass is 149 g/mol. The van der Waals surface area contributed by atoms with E-state index in [1.807, 2.05) is 0 Å². The van der Waals surface area contributed by atoms with E-state index < -0.39 is 0 Å². The van der Waals surface area contributed by atoms with E-state index in [-0.39, 0.29) is 18.4 Å². The van der Waals surface area contributed by atoms with Crippen molar-refractivity contribution in [2.75, 3.05) is 0 Å². The van der Waals surface area contributed by atoms with Gasteiger partial charge in [-0.1, -0.05) is 0 Å². The highest BCUT2D eigenvalue weighted by Crippen LogP contribution is 2.11. The van der Waals surface area contributed by atoms with Crippen LogP contribution in [-0.2, 0) is 4.79 Å². The van der Waals surface area contributed by atoms with Gasteiger partial charge in [0.15, 0.2) is 0 Å². The number of rotatable bonds is 0. The molecule has 2 N–H and O–H groups in total. The van der Waals surface area contributed by atoms with Crippen molar-refractivity contribution in [3.8, 4) is 0 Å². The fourth-order valence-corrected chi connectivity index (χ4v) is 1.06. The number of Topliss-reactive ketones (excluding diaryl/α,β-unsaturated/α-hetero) is 1. The van der Waals surface area contributed by atoms with E-state index in [1.165, 1.54) is 0 Å². The van der Waals surface area contributed by atoms with Crippen LogP contribution in [0.25, 0.3) is 0 Å². The average molecular weight is 150 g/mol. The van der Waals surface area contributed by atoms with Crippen LogP contribution in [0, 0.1) is 0 Å². The molecule has 0 aliphatic heterocycles. The van der Waals surface area contributed by atoms with E-state index >= 15 is 0 Å². The van der Waals surface area contributed by atoms with Gasteiger partial charge >= 0.3 is 0 Å². The topological polar surface area (TPSA) is 43.1 Å². The van der Waals surface area contributed by atoms with Gasteiger partial charge in [-0.05, 0) is 12.8 Å². The molecule has 3 heteroatoms. The zero-order valence-corrected chi connectivity index (χ0v) is 6.12. The number of ketones is 1. The molecule has 0 heterocycles. The Balaban J connectivity index is 0.000000640. The van der Waals surface area contributed by atoms with Crippen LogP contribution in [0.2, 0.25) is 0 Å². The van der Waals surface area contributed by atoms with Crippen molar-refractivity contribution < 1.29 is 4.79 Å². The Morgan fingerprint density at radius 2 is 2.22 bits per heavy atom. The summed E-state index contributed by atoms with van der Waals surface area (Å²) < 4.78 is 0. The van der Waals surface area contributed by atoms with E-state index in [0.717, 1.165) is 19.3 Å². The van der Waals surface area contributed by atoms with Crippen molar-refractivity contribution in [1.29, 1.82) is 0 Å². The second kappa shape index (κ2) is 3.85. The van der Waals surface area contributed by atoms with Crippen LogP contribution in [0.3, 0.4) is 0 Å². The van der Waals surface area contributed by atoms with Crippen molar-refractivity contribution in [3.05, 3.63) is 0 Å². The summed E-state index contributed by atoms with van der Waals surface area (Å²) in [6, 6.07) is 0.163. The number of carbonyl (C=O) groups is 1. The first-order valence-electron chi connectivity index (χ1n) is 3.06. The largest absolute Gasteiger partial charge is 0.327 e. The highest BCUT2D eigenvalue weighted by Gasteiger charge is 2.14. The van der Waals surface area contributed by atoms with Gasteiger partial charge in [0.2, 0.25) is 0 Å². The minimum Gasteiger partial charge on any atom is -0.327 e. The third kappa shape index (κ3) is 2.82. The number of carbonyl (C=O) groups excluding carboxylic acids is 1. The maximum atomic E-state index is 10.6. The molecule has 0 amide bonds. The highest BCUT2D eigenvalue weighted by molar-refractivity contribution is 5.85. The first-order chi connectivity index (χ1) is 3.79. The maximum Gasteiger partial charge on any atom is 0.134 e. The molecule has 1 saturated carbocycles. The summed E-state index contributed by atoms with van der Waals surface area (Å²) in [6.45, 7) is 0. The van der Waals surface area contributed by atoms with Crippen LogP contribution in [0.1, 0.15) is 25.7 Å². The Hall–Kier alpha value is -0.0800. The van der Waals surface area contributed by atoms with Gasteiger partial charge in [-0.25, -0.2) is 0 Å². The van der Waals surface area contributed by atoms with Gasteiger partial charge < -0.3 is 5.73 Å². The molecule has 0 unspecified atom stereocenters. The molecule has 1 fully saturated rings. The van der Waals surface area contributed by atoms with Gasteiger partial charge in [0.1, 0.15) is 5.78 Å². The van der Waals surface area contributed by atoms with E-state index in [2.05, 4.69) is 0 Å². The standard InChI is InChI=1S/C6H11NO.ClH/c7-5-2-1-3-6(8)4-5;/h5H,1-4,7H2;1H/t5-;/m0./s1. The number of hydrogen-bond acceptors (Lipinski definition) is 2. The third-order valence-electron chi connectivity index (χ3n) is 1.52. The summed E-state index contributed by atoms with van der Waals surface area (Å²) in [4.78, 5) is 10.6. The summed E-state index contributed by atoms with van der Waals surface area (Å²) >= 11 is 0. The molecule has 9 heavy (non-hydrogen) atoms. The second-order valence-electron chi connectivity index (χ2n) is 2.40. The summed E-state index contributed by atoms with van der Waals surface area (Å²) in [6.07, 6.45) is 3.40. The second-order valence-corrected chi connectivity index (χ2v) is 2.40. The molecule has 1 atom stereocenters. The van der Waals surface area contributed by atoms with Gasteiger partial charge in [-0.2, -0.15) is 0 Å². The molecule has 0 aromatic rings. The van der Waals surface area contributed by atoms with Crippen molar-refractivity contribution >= 4 is 18.2 Å². The van der Waals surface area contributed by atoms with E-state index in [1.54, 1.807) is 0 Å². The summed E-state index contributed by atoms with van der Waals surface area (Å²) in [5.41, 5.74) is 5.50. The van der Waals surface area contributed by atoms with Crippen molar-refractivity contribution in [2.24, 2.45) is 5.73 Å². The normalized spacial score (nSPS) is 27.2. The maximum absolute atomic E-state index is 10.6. The summed E-state index contributed by atoms with van der Waals surface area (Å²) in [5, 5.41) is 0. The van der Waals surface area contributed by atoms with Crippen LogP contribution in [0.15, 0.2) is 0 Å². The lowest BCUT2D eigenvalue weighted by Gasteiger charge is -2.14. The smallest absolute Gasteiger partial charge is 0.134 e. The number of hydrogen-bond donors (Lipinski definition) is 1. The Morgan fingerprint density at radius 1 is 1.56 bits per heavy atom. The van der Waals surface area contributed by atoms with Crippen LogP contribution in [0.5, 0.6) is 0 Å². The first-order valence-corrected chi connectivity index (χ1v) is 3.06. The molecule has 0 spiro atoms. The molecule has 0 bridgehead atoms. The molecular formula is C6H12ClNO. The quantitative estimate of drug-likeness (QED) is 0.556. The van der Waals surface area contributed by atoms with Crippen LogP contribution < -0.4 is 5.73 Å². The molecule has 0 saturated heterocycles. The molecule has 1 aliphatic rings. The fraction of sp³-hybridized carbons (Fsp3) is 0.833. The fourth-order valence-electron chi connectivity index (χ4n) is 1.06. The Kier molecular flexibility index (Phi) is 3.82. The third-order valence-corrected chi connectivity index (χ3v) is 1.52. The molecular weight excluding hydrogens is 138 g/mol. The van der Waals surface area contributed by atoms with Crippen molar-refractivity contribution in [2.45, 2.75) is 31.7 Å². The molecule has 1 aliphatic carbocycles. The van der Waals surface area contributed by atoms with Crippen LogP contribution in [-0.4, -0.2) is 11.8 Å². The first kappa shape index (κ1) is 8.92. The zero-order chi connectivity index (χ0) is 5.98. The van der Waals surface area contributed by atoms with Crippen molar-refractivity contribution in [3.63, 3.8) is 0 Å². The lowest BCUT2D eigenvalue weighted by atomic mass is 9.95. The van der Waals surface area contributed by atoms with Crippen molar-refractivity contribution in [1.82, 2.24) is 0 Å². The van der Waals surface area contributed by atoms with E-state index in [4.69, 9.17) is 5.73 Å². The van der Waals surface area contributed by atoms with E-state index in [0.29, 0.717) is 12.2 Å². The Bertz CT molecular complexity index is 105. The molecule has 54 valence electrons. The van der Waals surface area contributed by atoms with Gasteiger partial charge in [0, 0.05) is 18.9 Å². The minimum atomic E-state index is 0. The number of halogens is 1. The molecule has 1 rings (SSSR count). The highest BCUT2D eigenvalue weighted by atomic mass is 35.5. The average Bonchev–Trinajstić information content (AvgIpc) is 1.64. The van der Waals surface area contributed by atoms with Gasteiger partial charge in [0.05, 0.1) is 0 Å². The summed E-state index contributed by atoms with van der Waals surface area (Å²) in [7, 11) is 0. The molecule has 2 nitrogen and oxygen atoms in total. The molecule has 0 aromatic heterocycles. The van der Waals surface area contributed by atoms with Crippen LogP contribution in [0.4, 0.5) is 0 Å². The van der Waals surface area contributed by atoms with Crippen LogP contribution >= 0.6 is 12.4 Å². The van der Waals surface area contributed by atoms with E-state index in [9.17, 15) is 4.79 Å². The Labute approximate surface area is 61.2 Å². The zero-order valence-electron chi connectivity index (χ0n) is 5.30. The van der Waals surface area contributed by atoms with Gasteiger partial charge in [-0.3, -0.25) is 4.79 Å². The number of nitrogens with two attached hydrogens (primary N) is 1. The predicted octanol–water partition coefficient (Wildman–Crippen LogP) is 0.879. The van der Waals surface area contributed by atoms with Gasteiger partial charge in [-0.15, -0.1) is 12.4 Å². The summed E-state index contributed by atoms with van der Waals surface area (Å²) in [5.74, 6) is 0.337. The molecule has 0 aromatic carbocycles.